The highest BCUT2D eigenvalue weighted by Crippen LogP contribution is 2.22. The molecule has 1 aliphatic rings. The van der Waals surface area contributed by atoms with E-state index < -0.39 is 5.97 Å². The van der Waals surface area contributed by atoms with E-state index in [1.807, 2.05) is 13.0 Å². The number of nitrogens with two attached hydrogens (primary N) is 1. The van der Waals surface area contributed by atoms with E-state index >= 15 is 0 Å². The molecule has 2 rings (SSSR count). The van der Waals surface area contributed by atoms with Crippen LogP contribution in [0, 0.1) is 12.8 Å². The van der Waals surface area contributed by atoms with E-state index in [2.05, 4.69) is 0 Å². The Morgan fingerprint density at radius 1 is 1.35 bits per heavy atom. The lowest BCUT2D eigenvalue weighted by Crippen LogP contribution is -2.38. The summed E-state index contributed by atoms with van der Waals surface area (Å²) in [6, 6.07) is 5.35. The fourth-order valence-electron chi connectivity index (χ4n) is 2.54. The van der Waals surface area contributed by atoms with Crippen molar-refractivity contribution in [3.05, 3.63) is 29.3 Å². The Balaban J connectivity index is 1.97. The number of benzene rings is 1. The van der Waals surface area contributed by atoms with Crippen molar-refractivity contribution >= 4 is 17.6 Å². The van der Waals surface area contributed by atoms with Crippen molar-refractivity contribution < 1.29 is 14.7 Å². The molecule has 20 heavy (non-hydrogen) atoms. The summed E-state index contributed by atoms with van der Waals surface area (Å²) in [7, 11) is 0. The maximum Gasteiger partial charge on any atom is 0.303 e. The summed E-state index contributed by atoms with van der Waals surface area (Å²) in [5.41, 5.74) is 8.01. The van der Waals surface area contributed by atoms with Crippen molar-refractivity contribution in [2.75, 3.05) is 18.8 Å². The molecule has 1 amide bonds. The molecule has 5 nitrogen and oxygen atoms in total. The Bertz CT molecular complexity index is 520. The van der Waals surface area contributed by atoms with Crippen LogP contribution in [0.4, 0.5) is 5.69 Å². The SMILES string of the molecule is Cc1ccc(C(=O)N2CCC(CC(=O)O)CC2)cc1N. The fourth-order valence-corrected chi connectivity index (χ4v) is 2.54. The number of carbonyl (C=O) groups is 2. The maximum atomic E-state index is 12.3. The summed E-state index contributed by atoms with van der Waals surface area (Å²) in [4.78, 5) is 24.8. The van der Waals surface area contributed by atoms with Gasteiger partial charge in [-0.2, -0.15) is 0 Å². The molecule has 0 radical (unpaired) electrons. The second-order valence-corrected chi connectivity index (χ2v) is 5.40. The Morgan fingerprint density at radius 2 is 2.00 bits per heavy atom. The first-order chi connectivity index (χ1) is 9.47. The quantitative estimate of drug-likeness (QED) is 0.826. The van der Waals surface area contributed by atoms with E-state index in [4.69, 9.17) is 10.8 Å². The summed E-state index contributed by atoms with van der Waals surface area (Å²) in [5, 5.41) is 8.78. The molecule has 0 saturated carbocycles. The van der Waals surface area contributed by atoms with Gasteiger partial charge in [0.1, 0.15) is 0 Å². The molecule has 1 fully saturated rings. The molecule has 1 aromatic rings. The van der Waals surface area contributed by atoms with Crippen LogP contribution < -0.4 is 5.73 Å². The minimum Gasteiger partial charge on any atom is -0.481 e. The van der Waals surface area contributed by atoms with Gasteiger partial charge in [0.2, 0.25) is 0 Å². The first kappa shape index (κ1) is 14.4. The zero-order valence-corrected chi connectivity index (χ0v) is 11.6. The summed E-state index contributed by atoms with van der Waals surface area (Å²) >= 11 is 0. The third-order valence-corrected chi connectivity index (χ3v) is 3.89. The van der Waals surface area contributed by atoms with Crippen LogP contribution in [-0.4, -0.2) is 35.0 Å². The molecule has 1 aromatic carbocycles. The second-order valence-electron chi connectivity index (χ2n) is 5.40. The average molecular weight is 276 g/mol. The number of aryl methyl sites for hydroxylation is 1. The molecule has 0 atom stereocenters. The molecular weight excluding hydrogens is 256 g/mol. The van der Waals surface area contributed by atoms with Gasteiger partial charge in [-0.05, 0) is 43.4 Å². The standard InChI is InChI=1S/C15H20N2O3/c1-10-2-3-12(9-13(10)16)15(20)17-6-4-11(5-7-17)8-14(18)19/h2-3,9,11H,4-8,16H2,1H3,(H,18,19). The van der Waals surface area contributed by atoms with Crippen LogP contribution in [0.2, 0.25) is 0 Å². The van der Waals surface area contributed by atoms with Crippen molar-refractivity contribution in [3.8, 4) is 0 Å². The molecule has 0 aromatic heterocycles. The van der Waals surface area contributed by atoms with E-state index in [-0.39, 0.29) is 18.2 Å². The number of anilines is 1. The van der Waals surface area contributed by atoms with E-state index in [9.17, 15) is 9.59 Å². The van der Waals surface area contributed by atoms with E-state index in [1.54, 1.807) is 17.0 Å². The lowest BCUT2D eigenvalue weighted by Gasteiger charge is -2.31. The van der Waals surface area contributed by atoms with Crippen LogP contribution in [0.15, 0.2) is 18.2 Å². The molecule has 0 aliphatic carbocycles. The molecule has 0 bridgehead atoms. The molecule has 1 aliphatic heterocycles. The Labute approximate surface area is 118 Å². The highest BCUT2D eigenvalue weighted by Gasteiger charge is 2.25. The van der Waals surface area contributed by atoms with Gasteiger partial charge >= 0.3 is 5.97 Å². The topological polar surface area (TPSA) is 83.6 Å². The number of amides is 1. The number of aliphatic carboxylic acids is 1. The Kier molecular flexibility index (Phi) is 4.27. The summed E-state index contributed by atoms with van der Waals surface area (Å²) in [6.07, 6.45) is 1.69. The van der Waals surface area contributed by atoms with Crippen molar-refractivity contribution in [1.82, 2.24) is 4.90 Å². The number of hydrogen-bond donors (Lipinski definition) is 2. The van der Waals surface area contributed by atoms with E-state index in [1.165, 1.54) is 0 Å². The molecule has 1 heterocycles. The van der Waals surface area contributed by atoms with Crippen LogP contribution in [0.1, 0.15) is 35.2 Å². The highest BCUT2D eigenvalue weighted by molar-refractivity contribution is 5.95. The molecular formula is C15H20N2O3. The first-order valence-corrected chi connectivity index (χ1v) is 6.84. The van der Waals surface area contributed by atoms with Gasteiger partial charge in [-0.1, -0.05) is 6.07 Å². The normalized spacial score (nSPS) is 16.1. The van der Waals surface area contributed by atoms with Crippen molar-refractivity contribution in [2.24, 2.45) is 5.92 Å². The van der Waals surface area contributed by atoms with Gasteiger partial charge in [0, 0.05) is 30.8 Å². The summed E-state index contributed by atoms with van der Waals surface area (Å²) in [5.74, 6) is -0.605. The maximum absolute atomic E-state index is 12.3. The van der Waals surface area contributed by atoms with Crippen LogP contribution in [0.5, 0.6) is 0 Å². The van der Waals surface area contributed by atoms with Crippen LogP contribution in [0.25, 0.3) is 0 Å². The predicted molar refractivity (Wildman–Crippen MR) is 76.5 cm³/mol. The minimum absolute atomic E-state index is 0.0227. The molecule has 5 heteroatoms. The Hall–Kier alpha value is -2.04. The number of piperidine rings is 1. The van der Waals surface area contributed by atoms with Gasteiger partial charge < -0.3 is 15.7 Å². The number of rotatable bonds is 3. The smallest absolute Gasteiger partial charge is 0.303 e. The lowest BCUT2D eigenvalue weighted by molar-refractivity contribution is -0.138. The Morgan fingerprint density at radius 3 is 2.55 bits per heavy atom. The molecule has 0 unspecified atom stereocenters. The predicted octanol–water partition coefficient (Wildman–Crippen LogP) is 1.90. The van der Waals surface area contributed by atoms with Gasteiger partial charge in [-0.25, -0.2) is 0 Å². The number of carboxylic acid groups (broad SMARTS) is 1. The number of nitrogens with zero attached hydrogens (tertiary/aromatic N) is 1. The number of hydrogen-bond acceptors (Lipinski definition) is 3. The molecule has 1 saturated heterocycles. The first-order valence-electron chi connectivity index (χ1n) is 6.84. The molecule has 3 N–H and O–H groups in total. The van der Waals surface area contributed by atoms with Gasteiger partial charge in [-0.15, -0.1) is 0 Å². The van der Waals surface area contributed by atoms with Crippen molar-refractivity contribution in [1.29, 1.82) is 0 Å². The molecule has 108 valence electrons. The monoisotopic (exact) mass is 276 g/mol. The van der Waals surface area contributed by atoms with E-state index in [0.29, 0.717) is 24.3 Å². The van der Waals surface area contributed by atoms with Gasteiger partial charge in [-0.3, -0.25) is 9.59 Å². The molecule has 0 spiro atoms. The average Bonchev–Trinajstić information content (AvgIpc) is 2.41. The van der Waals surface area contributed by atoms with Gasteiger partial charge in [0.25, 0.3) is 5.91 Å². The van der Waals surface area contributed by atoms with Crippen molar-refractivity contribution in [2.45, 2.75) is 26.2 Å². The lowest BCUT2D eigenvalue weighted by atomic mass is 9.93. The second kappa shape index (κ2) is 5.94. The highest BCUT2D eigenvalue weighted by atomic mass is 16.4. The third kappa shape index (κ3) is 3.29. The van der Waals surface area contributed by atoms with Crippen LogP contribution in [-0.2, 0) is 4.79 Å². The summed E-state index contributed by atoms with van der Waals surface area (Å²) in [6.45, 7) is 3.14. The number of carboxylic acids is 1. The number of carbonyl (C=O) groups excluding carboxylic acids is 1. The fraction of sp³-hybridized carbons (Fsp3) is 0.467. The van der Waals surface area contributed by atoms with Gasteiger partial charge in [0.05, 0.1) is 0 Å². The largest absolute Gasteiger partial charge is 0.481 e. The zero-order chi connectivity index (χ0) is 14.7. The minimum atomic E-state index is -0.763. The third-order valence-electron chi connectivity index (χ3n) is 3.89. The zero-order valence-electron chi connectivity index (χ0n) is 11.6. The summed E-state index contributed by atoms with van der Waals surface area (Å²) < 4.78 is 0. The van der Waals surface area contributed by atoms with Gasteiger partial charge in [0.15, 0.2) is 0 Å². The van der Waals surface area contributed by atoms with Crippen LogP contribution >= 0.6 is 0 Å². The number of nitrogen functional groups attached to an aromatic ring is 1. The van der Waals surface area contributed by atoms with Crippen molar-refractivity contribution in [3.63, 3.8) is 0 Å². The van der Waals surface area contributed by atoms with Crippen LogP contribution in [0.3, 0.4) is 0 Å². The number of likely N-dealkylation sites (tertiary alicyclic amines) is 1. The van der Waals surface area contributed by atoms with E-state index in [0.717, 1.165) is 18.4 Å².